The zero-order valence-electron chi connectivity index (χ0n) is 13.2. The van der Waals surface area contributed by atoms with E-state index in [1.54, 1.807) is 0 Å². The van der Waals surface area contributed by atoms with E-state index in [1.807, 2.05) is 44.2 Å². The Bertz CT molecular complexity index is 603. The fourth-order valence-corrected chi connectivity index (χ4v) is 1.88. The van der Waals surface area contributed by atoms with Crippen molar-refractivity contribution in [3.05, 3.63) is 41.8 Å². The van der Waals surface area contributed by atoms with Gasteiger partial charge in [0.15, 0.2) is 0 Å². The molecule has 1 aromatic carbocycles. The van der Waals surface area contributed by atoms with Crippen molar-refractivity contribution in [3.63, 3.8) is 0 Å². The van der Waals surface area contributed by atoms with Gasteiger partial charge in [0.1, 0.15) is 5.76 Å². The molecule has 1 unspecified atom stereocenters. The van der Waals surface area contributed by atoms with Gasteiger partial charge < -0.3 is 15.5 Å². The molecule has 5 nitrogen and oxygen atoms in total. The molecule has 23 heavy (non-hydrogen) atoms. The summed E-state index contributed by atoms with van der Waals surface area (Å²) in [6, 6.07) is 9.65. The lowest BCUT2D eigenvalue weighted by atomic mass is 10.2. The summed E-state index contributed by atoms with van der Waals surface area (Å²) in [4.78, 5) is 16.3. The highest BCUT2D eigenvalue weighted by atomic mass is 35.5. The number of oxazole rings is 1. The first kappa shape index (κ1) is 21.4. The van der Waals surface area contributed by atoms with Crippen molar-refractivity contribution in [2.45, 2.75) is 20.3 Å². The second kappa shape index (κ2) is 10.3. The van der Waals surface area contributed by atoms with Crippen LogP contribution in [0.2, 0.25) is 0 Å². The van der Waals surface area contributed by atoms with E-state index in [4.69, 9.17) is 10.2 Å². The molecule has 3 N–H and O–H groups in total. The number of halogens is 2. The van der Waals surface area contributed by atoms with E-state index in [9.17, 15) is 4.79 Å². The standard InChI is InChI=1S/C16H21N3O2.2ClH/c1-11(9-17)10-18-15(20)8-14-12(2)21-16(19-14)13-6-4-3-5-7-13;;/h3-7,11H,8-10,17H2,1-2H3,(H,18,20);2*1H. The summed E-state index contributed by atoms with van der Waals surface area (Å²) in [6.45, 7) is 4.96. The third-order valence-corrected chi connectivity index (χ3v) is 3.29. The van der Waals surface area contributed by atoms with Gasteiger partial charge in [-0.2, -0.15) is 0 Å². The molecule has 1 atom stereocenters. The molecule has 0 saturated carbocycles. The number of amides is 1. The van der Waals surface area contributed by atoms with Crippen molar-refractivity contribution in [1.82, 2.24) is 10.3 Å². The highest BCUT2D eigenvalue weighted by Gasteiger charge is 2.14. The molecule has 0 bridgehead atoms. The fraction of sp³-hybridized carbons (Fsp3) is 0.375. The molecular weight excluding hydrogens is 337 g/mol. The van der Waals surface area contributed by atoms with Crippen LogP contribution in [-0.4, -0.2) is 24.0 Å². The van der Waals surface area contributed by atoms with E-state index in [2.05, 4.69) is 10.3 Å². The minimum Gasteiger partial charge on any atom is -0.441 e. The van der Waals surface area contributed by atoms with Gasteiger partial charge >= 0.3 is 0 Å². The molecule has 128 valence electrons. The van der Waals surface area contributed by atoms with Gasteiger partial charge in [-0.15, -0.1) is 24.8 Å². The topological polar surface area (TPSA) is 81.2 Å². The van der Waals surface area contributed by atoms with Crippen molar-refractivity contribution in [2.75, 3.05) is 13.1 Å². The van der Waals surface area contributed by atoms with Crippen molar-refractivity contribution < 1.29 is 9.21 Å². The van der Waals surface area contributed by atoms with Gasteiger partial charge in [-0.3, -0.25) is 4.79 Å². The number of rotatable bonds is 6. The number of carbonyl (C=O) groups is 1. The molecule has 0 aliphatic carbocycles. The summed E-state index contributed by atoms with van der Waals surface area (Å²) < 4.78 is 5.64. The summed E-state index contributed by atoms with van der Waals surface area (Å²) in [6.07, 6.45) is 0.222. The molecular formula is C16H23Cl2N3O2. The number of aryl methyl sites for hydroxylation is 1. The fourth-order valence-electron chi connectivity index (χ4n) is 1.88. The van der Waals surface area contributed by atoms with Crippen LogP contribution >= 0.6 is 24.8 Å². The van der Waals surface area contributed by atoms with Gasteiger partial charge in [0.05, 0.1) is 12.1 Å². The van der Waals surface area contributed by atoms with Crippen LogP contribution < -0.4 is 11.1 Å². The minimum atomic E-state index is -0.0636. The quantitative estimate of drug-likeness (QED) is 0.830. The molecule has 1 aromatic heterocycles. The molecule has 7 heteroatoms. The minimum absolute atomic E-state index is 0. The van der Waals surface area contributed by atoms with E-state index in [1.165, 1.54) is 0 Å². The second-order valence-electron chi connectivity index (χ2n) is 5.21. The number of aromatic nitrogens is 1. The summed E-state index contributed by atoms with van der Waals surface area (Å²) >= 11 is 0. The zero-order valence-corrected chi connectivity index (χ0v) is 14.9. The lowest BCUT2D eigenvalue weighted by Crippen LogP contribution is -2.32. The molecule has 1 heterocycles. The number of nitrogens with two attached hydrogens (primary N) is 1. The first-order valence-corrected chi connectivity index (χ1v) is 7.08. The summed E-state index contributed by atoms with van der Waals surface area (Å²) in [5.74, 6) is 1.43. The van der Waals surface area contributed by atoms with Crippen molar-refractivity contribution >= 4 is 30.7 Å². The average Bonchev–Trinajstić information content (AvgIpc) is 2.86. The molecule has 0 saturated heterocycles. The van der Waals surface area contributed by atoms with Crippen LogP contribution in [0.4, 0.5) is 0 Å². The van der Waals surface area contributed by atoms with Crippen LogP contribution in [0.15, 0.2) is 34.7 Å². The Hall–Kier alpha value is -1.56. The SMILES string of the molecule is Cc1oc(-c2ccccc2)nc1CC(=O)NCC(C)CN.Cl.Cl. The molecule has 1 amide bonds. The lowest BCUT2D eigenvalue weighted by Gasteiger charge is -2.09. The van der Waals surface area contributed by atoms with Gasteiger partial charge in [0, 0.05) is 12.1 Å². The van der Waals surface area contributed by atoms with Crippen LogP contribution in [-0.2, 0) is 11.2 Å². The Labute approximate surface area is 148 Å². The number of hydrogen-bond donors (Lipinski definition) is 2. The number of carbonyl (C=O) groups excluding carboxylic acids is 1. The normalized spacial score (nSPS) is 11.1. The van der Waals surface area contributed by atoms with Crippen LogP contribution in [0.5, 0.6) is 0 Å². The lowest BCUT2D eigenvalue weighted by molar-refractivity contribution is -0.120. The summed E-state index contributed by atoms with van der Waals surface area (Å²) in [5, 5.41) is 2.86. The van der Waals surface area contributed by atoms with Crippen molar-refractivity contribution in [1.29, 1.82) is 0 Å². The second-order valence-corrected chi connectivity index (χ2v) is 5.21. The first-order valence-electron chi connectivity index (χ1n) is 7.08. The van der Waals surface area contributed by atoms with Crippen molar-refractivity contribution in [3.8, 4) is 11.5 Å². The molecule has 0 aliphatic rings. The van der Waals surface area contributed by atoms with Crippen LogP contribution in [0.1, 0.15) is 18.4 Å². The third kappa shape index (κ3) is 6.22. The molecule has 0 radical (unpaired) electrons. The monoisotopic (exact) mass is 359 g/mol. The molecule has 0 fully saturated rings. The van der Waals surface area contributed by atoms with E-state index in [0.717, 1.165) is 5.56 Å². The van der Waals surface area contributed by atoms with Gasteiger partial charge in [0.2, 0.25) is 11.8 Å². The predicted octanol–water partition coefficient (Wildman–Crippen LogP) is 2.75. The first-order chi connectivity index (χ1) is 10.1. The predicted molar refractivity (Wildman–Crippen MR) is 96.1 cm³/mol. The van der Waals surface area contributed by atoms with Gasteiger partial charge in [-0.05, 0) is 31.5 Å². The van der Waals surface area contributed by atoms with E-state index in [-0.39, 0.29) is 43.1 Å². The smallest absolute Gasteiger partial charge is 0.226 e. The highest BCUT2D eigenvalue weighted by Crippen LogP contribution is 2.21. The third-order valence-electron chi connectivity index (χ3n) is 3.29. The van der Waals surface area contributed by atoms with Gasteiger partial charge in [0.25, 0.3) is 0 Å². The van der Waals surface area contributed by atoms with Gasteiger partial charge in [-0.25, -0.2) is 4.98 Å². The molecule has 0 spiro atoms. The maximum absolute atomic E-state index is 11.9. The summed E-state index contributed by atoms with van der Waals surface area (Å²) in [7, 11) is 0. The Morgan fingerprint density at radius 2 is 1.96 bits per heavy atom. The number of nitrogens with one attached hydrogen (secondary N) is 1. The number of nitrogens with zero attached hydrogens (tertiary/aromatic N) is 1. The van der Waals surface area contributed by atoms with E-state index >= 15 is 0 Å². The largest absolute Gasteiger partial charge is 0.441 e. The Morgan fingerprint density at radius 3 is 2.57 bits per heavy atom. The zero-order chi connectivity index (χ0) is 15.2. The van der Waals surface area contributed by atoms with Crippen LogP contribution in [0.25, 0.3) is 11.5 Å². The number of hydrogen-bond acceptors (Lipinski definition) is 4. The maximum Gasteiger partial charge on any atom is 0.226 e. The molecule has 2 rings (SSSR count). The Balaban J connectivity index is 0.00000242. The van der Waals surface area contributed by atoms with Gasteiger partial charge in [-0.1, -0.05) is 25.1 Å². The Kier molecular flexibility index (Phi) is 9.56. The van der Waals surface area contributed by atoms with Crippen molar-refractivity contribution in [2.24, 2.45) is 11.7 Å². The average molecular weight is 360 g/mol. The van der Waals surface area contributed by atoms with E-state index < -0.39 is 0 Å². The Morgan fingerprint density at radius 1 is 1.30 bits per heavy atom. The van der Waals surface area contributed by atoms with Crippen LogP contribution in [0, 0.1) is 12.8 Å². The highest BCUT2D eigenvalue weighted by molar-refractivity contribution is 5.85. The molecule has 0 aliphatic heterocycles. The van der Waals surface area contributed by atoms with Crippen LogP contribution in [0.3, 0.4) is 0 Å². The molecule has 2 aromatic rings. The number of benzene rings is 1. The maximum atomic E-state index is 11.9. The van der Waals surface area contributed by atoms with E-state index in [0.29, 0.717) is 30.4 Å². The summed E-state index contributed by atoms with van der Waals surface area (Å²) in [5.41, 5.74) is 7.10.